The molecule has 0 unspecified atom stereocenters. The van der Waals surface area contributed by atoms with Crippen molar-refractivity contribution in [1.29, 1.82) is 0 Å². The zero-order valence-electron chi connectivity index (χ0n) is 19.5. The summed E-state index contributed by atoms with van der Waals surface area (Å²) in [6, 6.07) is 5.07. The van der Waals surface area contributed by atoms with Gasteiger partial charge in [-0.15, -0.1) is 0 Å². The van der Waals surface area contributed by atoms with Crippen molar-refractivity contribution in [3.8, 4) is 0 Å². The molecule has 8 nitrogen and oxygen atoms in total. The van der Waals surface area contributed by atoms with E-state index in [4.69, 9.17) is 5.11 Å². The van der Waals surface area contributed by atoms with E-state index in [0.29, 0.717) is 22.5 Å². The van der Waals surface area contributed by atoms with Gasteiger partial charge >= 0.3 is 0 Å². The number of carbonyl (C=O) groups excluding carboxylic acids is 1. The summed E-state index contributed by atoms with van der Waals surface area (Å²) >= 11 is 0. The molecule has 0 bridgehead atoms. The van der Waals surface area contributed by atoms with Crippen LogP contribution in [0.4, 0.5) is 15.8 Å². The number of hydrogen-bond donors (Lipinski definition) is 2. The molecule has 1 saturated carbocycles. The number of benzene rings is 1. The molecule has 4 heterocycles. The Kier molecular flexibility index (Phi) is 5.95. The van der Waals surface area contributed by atoms with E-state index in [9.17, 15) is 9.18 Å². The topological polar surface area (TPSA) is 87.7 Å². The van der Waals surface area contributed by atoms with Crippen molar-refractivity contribution >= 4 is 33.8 Å². The van der Waals surface area contributed by atoms with E-state index in [1.165, 1.54) is 25.3 Å². The molecule has 0 radical (unpaired) electrons. The number of imidazole rings is 1. The van der Waals surface area contributed by atoms with Crippen molar-refractivity contribution in [2.75, 3.05) is 23.3 Å². The highest BCUT2D eigenvalue weighted by atomic mass is 19.1. The standard InChI is InChI=1S/C21H21FN6O.C4H8O/c1-13-10-28-11-14(9-17(22)20(28)23-13)24-21(29)15-5-6-18(27-7-3-4-8-27)16-12-26(2)25-19(15)16;5-4-2-1-3-4/h5-6,9-12H,3-4,7-8H2,1-2H3,(H,24,29);4-5H,1-3H2. The highest BCUT2D eigenvalue weighted by Gasteiger charge is 2.21. The van der Waals surface area contributed by atoms with Gasteiger partial charge in [0.2, 0.25) is 0 Å². The Hall–Kier alpha value is -3.46. The molecule has 3 aromatic heterocycles. The monoisotopic (exact) mass is 464 g/mol. The van der Waals surface area contributed by atoms with Crippen LogP contribution in [0.1, 0.15) is 48.2 Å². The molecule has 9 heteroatoms. The number of aromatic nitrogens is 4. The summed E-state index contributed by atoms with van der Waals surface area (Å²) in [5, 5.41) is 16.7. The first kappa shape index (κ1) is 22.3. The maximum Gasteiger partial charge on any atom is 0.257 e. The van der Waals surface area contributed by atoms with E-state index in [0.717, 1.165) is 37.0 Å². The van der Waals surface area contributed by atoms with Gasteiger partial charge in [0, 0.05) is 55.9 Å². The van der Waals surface area contributed by atoms with Gasteiger partial charge in [-0.2, -0.15) is 5.10 Å². The molecule has 2 aliphatic rings. The van der Waals surface area contributed by atoms with Crippen LogP contribution in [0.5, 0.6) is 0 Å². The van der Waals surface area contributed by atoms with Gasteiger partial charge < -0.3 is 19.7 Å². The maximum absolute atomic E-state index is 14.3. The molecule has 4 aromatic rings. The van der Waals surface area contributed by atoms with E-state index in [1.54, 1.807) is 34.5 Å². The third-order valence-corrected chi connectivity index (χ3v) is 6.42. The molecule has 1 aliphatic carbocycles. The molecule has 1 aromatic carbocycles. The van der Waals surface area contributed by atoms with E-state index in [1.807, 2.05) is 19.3 Å². The second-order valence-corrected chi connectivity index (χ2v) is 9.12. The van der Waals surface area contributed by atoms with Gasteiger partial charge in [0.25, 0.3) is 5.91 Å². The van der Waals surface area contributed by atoms with Gasteiger partial charge in [-0.05, 0) is 51.2 Å². The molecule has 2 N–H and O–H groups in total. The number of amides is 1. The number of aryl methyl sites for hydroxylation is 2. The fourth-order valence-electron chi connectivity index (χ4n) is 4.46. The lowest BCUT2D eigenvalue weighted by Crippen LogP contribution is -2.19. The Morgan fingerprint density at radius 1 is 1.15 bits per heavy atom. The maximum atomic E-state index is 14.3. The zero-order valence-corrected chi connectivity index (χ0v) is 19.5. The second kappa shape index (κ2) is 9.06. The lowest BCUT2D eigenvalue weighted by atomic mass is 9.97. The van der Waals surface area contributed by atoms with Gasteiger partial charge in [-0.1, -0.05) is 0 Å². The Labute approximate surface area is 197 Å². The van der Waals surface area contributed by atoms with Crippen LogP contribution in [0.3, 0.4) is 0 Å². The van der Waals surface area contributed by atoms with Crippen LogP contribution in [0.15, 0.2) is 36.8 Å². The van der Waals surface area contributed by atoms with Crippen LogP contribution < -0.4 is 10.2 Å². The lowest BCUT2D eigenvalue weighted by molar-refractivity contribution is 0.0949. The van der Waals surface area contributed by atoms with Crippen molar-refractivity contribution < 1.29 is 14.3 Å². The van der Waals surface area contributed by atoms with Crippen LogP contribution >= 0.6 is 0 Å². The number of fused-ring (bicyclic) bond motifs is 2. The summed E-state index contributed by atoms with van der Waals surface area (Å²) in [6.07, 6.45) is 11.0. The minimum Gasteiger partial charge on any atom is -0.393 e. The molecular formula is C25H29FN6O2. The predicted molar refractivity (Wildman–Crippen MR) is 130 cm³/mol. The smallest absolute Gasteiger partial charge is 0.257 e. The number of anilines is 2. The summed E-state index contributed by atoms with van der Waals surface area (Å²) < 4.78 is 17.6. The van der Waals surface area contributed by atoms with Gasteiger partial charge in [0.05, 0.1) is 23.0 Å². The van der Waals surface area contributed by atoms with Crippen molar-refractivity contribution in [3.63, 3.8) is 0 Å². The van der Waals surface area contributed by atoms with E-state index >= 15 is 0 Å². The number of hydrogen-bond acceptors (Lipinski definition) is 5. The summed E-state index contributed by atoms with van der Waals surface area (Å²) in [5.74, 6) is -0.805. The number of aliphatic hydroxyl groups is 1. The van der Waals surface area contributed by atoms with E-state index in [-0.39, 0.29) is 17.7 Å². The SMILES string of the molecule is Cc1cn2cc(NC(=O)c3ccc(N4CCCC4)c4cn(C)nc34)cc(F)c2n1.OC1CCC1. The second-order valence-electron chi connectivity index (χ2n) is 9.12. The van der Waals surface area contributed by atoms with Crippen LogP contribution in [-0.4, -0.2) is 49.4 Å². The molecule has 6 rings (SSSR count). The highest BCUT2D eigenvalue weighted by Crippen LogP contribution is 2.31. The summed E-state index contributed by atoms with van der Waals surface area (Å²) in [7, 11) is 1.85. The van der Waals surface area contributed by atoms with Crippen molar-refractivity contribution in [2.24, 2.45) is 7.05 Å². The molecule has 2 fully saturated rings. The van der Waals surface area contributed by atoms with Crippen LogP contribution in [0.2, 0.25) is 0 Å². The number of rotatable bonds is 3. The van der Waals surface area contributed by atoms with Crippen LogP contribution in [0, 0.1) is 12.7 Å². The number of aliphatic hydroxyl groups excluding tert-OH is 1. The average molecular weight is 465 g/mol. The largest absolute Gasteiger partial charge is 0.393 e. The van der Waals surface area contributed by atoms with Crippen molar-refractivity contribution in [3.05, 3.63) is 53.9 Å². The number of nitrogens with one attached hydrogen (secondary N) is 1. The highest BCUT2D eigenvalue weighted by molar-refractivity contribution is 6.13. The average Bonchev–Trinajstić information content (AvgIpc) is 3.51. The predicted octanol–water partition coefficient (Wildman–Crippen LogP) is 4.05. The van der Waals surface area contributed by atoms with Gasteiger partial charge in [-0.3, -0.25) is 9.48 Å². The quantitative estimate of drug-likeness (QED) is 0.478. The van der Waals surface area contributed by atoms with Gasteiger partial charge in [0.1, 0.15) is 5.52 Å². The molecule has 178 valence electrons. The number of carbonyl (C=O) groups is 1. The molecule has 1 amide bonds. The zero-order chi connectivity index (χ0) is 23.8. The molecule has 0 atom stereocenters. The first-order chi connectivity index (χ1) is 16.4. The first-order valence-electron chi connectivity index (χ1n) is 11.7. The Balaban J connectivity index is 0.000000429. The van der Waals surface area contributed by atoms with Gasteiger partial charge in [0.15, 0.2) is 11.5 Å². The van der Waals surface area contributed by atoms with Gasteiger partial charge in [-0.25, -0.2) is 9.37 Å². The summed E-state index contributed by atoms with van der Waals surface area (Å²) in [4.78, 5) is 19.5. The third kappa shape index (κ3) is 4.35. The Bertz CT molecular complexity index is 1350. The molecule has 1 saturated heterocycles. The number of halogens is 1. The summed E-state index contributed by atoms with van der Waals surface area (Å²) in [5.41, 5.74) is 3.52. The number of pyridine rings is 1. The Morgan fingerprint density at radius 2 is 1.88 bits per heavy atom. The third-order valence-electron chi connectivity index (χ3n) is 6.42. The lowest BCUT2D eigenvalue weighted by Gasteiger charge is -2.19. The van der Waals surface area contributed by atoms with E-state index in [2.05, 4.69) is 20.3 Å². The van der Waals surface area contributed by atoms with Crippen LogP contribution in [-0.2, 0) is 7.05 Å². The molecule has 34 heavy (non-hydrogen) atoms. The normalized spacial score (nSPS) is 15.9. The molecular weight excluding hydrogens is 435 g/mol. The van der Waals surface area contributed by atoms with Crippen molar-refractivity contribution in [1.82, 2.24) is 19.2 Å². The number of nitrogens with zero attached hydrogens (tertiary/aromatic N) is 5. The first-order valence-corrected chi connectivity index (χ1v) is 11.7. The fraction of sp³-hybridized carbons (Fsp3) is 0.400. The summed E-state index contributed by atoms with van der Waals surface area (Å²) in [6.45, 7) is 3.82. The van der Waals surface area contributed by atoms with Crippen molar-refractivity contribution in [2.45, 2.75) is 45.1 Å². The molecule has 1 aliphatic heterocycles. The van der Waals surface area contributed by atoms with Crippen LogP contribution in [0.25, 0.3) is 16.6 Å². The molecule has 0 spiro atoms. The van der Waals surface area contributed by atoms with E-state index < -0.39 is 5.82 Å². The fourth-order valence-corrected chi connectivity index (χ4v) is 4.46. The minimum absolute atomic E-state index is 0.0648. The minimum atomic E-state index is -0.483. The Morgan fingerprint density at radius 3 is 2.56 bits per heavy atom.